The summed E-state index contributed by atoms with van der Waals surface area (Å²) < 4.78 is 36.7. The van der Waals surface area contributed by atoms with Gasteiger partial charge in [-0.3, -0.25) is 0 Å². The van der Waals surface area contributed by atoms with Gasteiger partial charge in [0.25, 0.3) is 0 Å². The highest BCUT2D eigenvalue weighted by atomic mass is 19.4. The van der Waals surface area contributed by atoms with Crippen LogP contribution in [0.2, 0.25) is 0 Å². The molecule has 1 heterocycles. The Morgan fingerprint density at radius 2 is 1.53 bits per heavy atom. The van der Waals surface area contributed by atoms with E-state index in [-0.39, 0.29) is 0 Å². The van der Waals surface area contributed by atoms with Crippen LogP contribution >= 0.6 is 0 Å². The molecule has 15 heavy (non-hydrogen) atoms. The smallest absolute Gasteiger partial charge is 0.448 e. The first-order valence-electron chi connectivity index (χ1n) is 5.84. The van der Waals surface area contributed by atoms with Crippen molar-refractivity contribution < 1.29 is 12.9 Å². The van der Waals surface area contributed by atoms with Crippen molar-refractivity contribution in [3.8, 4) is 0 Å². The summed E-state index contributed by atoms with van der Waals surface area (Å²) in [6.07, 6.45) is 3.35. The fourth-order valence-corrected chi connectivity index (χ4v) is 2.46. The van der Waals surface area contributed by atoms with E-state index in [2.05, 4.69) is 13.8 Å². The molecule has 0 radical (unpaired) electrons. The van der Waals surface area contributed by atoms with E-state index < -0.39 is 13.4 Å². The first kappa shape index (κ1) is 12.9. The molecule has 90 valence electrons. The van der Waals surface area contributed by atoms with Gasteiger partial charge in [0, 0.05) is 0 Å². The third-order valence-electron chi connectivity index (χ3n) is 3.88. The van der Waals surface area contributed by atoms with Crippen molar-refractivity contribution in [3.05, 3.63) is 0 Å². The van der Waals surface area contributed by atoms with Gasteiger partial charge in [0.2, 0.25) is 0 Å². The van der Waals surface area contributed by atoms with Crippen LogP contribution in [-0.2, 0) is 0 Å². The minimum absolute atomic E-state index is 0.315. The summed E-state index contributed by atoms with van der Waals surface area (Å²) in [5.74, 6) is 0. The molecule has 1 aliphatic heterocycles. The van der Waals surface area contributed by atoms with Gasteiger partial charge in [0.05, 0.1) is 0 Å². The molecule has 0 unspecified atom stereocenters. The summed E-state index contributed by atoms with van der Waals surface area (Å²) in [6.45, 7) is 0.872. The highest BCUT2D eigenvalue weighted by Crippen LogP contribution is 2.38. The molecule has 0 bridgehead atoms. The van der Waals surface area contributed by atoms with Crippen LogP contribution in [0.15, 0.2) is 0 Å². The molecule has 5 heteroatoms. The molecule has 0 amide bonds. The van der Waals surface area contributed by atoms with Crippen molar-refractivity contribution >= 4 is 6.98 Å². The van der Waals surface area contributed by atoms with E-state index in [4.69, 9.17) is 0 Å². The molecule has 0 aromatic heterocycles. The Labute approximate surface area is 90.1 Å². The second-order valence-corrected chi connectivity index (χ2v) is 4.72. The lowest BCUT2D eigenvalue weighted by Crippen LogP contribution is -2.45. The fraction of sp³-hybridized carbons (Fsp3) is 1.00. The third kappa shape index (κ3) is 3.70. The van der Waals surface area contributed by atoms with Crippen LogP contribution in [0.1, 0.15) is 39.5 Å². The normalized spacial score (nSPS) is 23.0. The third-order valence-corrected chi connectivity index (χ3v) is 3.88. The largest absolute Gasteiger partial charge is 0.492 e. The lowest BCUT2D eigenvalue weighted by molar-refractivity contribution is 0.101. The summed E-state index contributed by atoms with van der Waals surface area (Å²) in [6, 6.07) is 0. The molecule has 1 nitrogen and oxygen atoms in total. The van der Waals surface area contributed by atoms with Gasteiger partial charge in [-0.05, 0) is 37.8 Å². The average Bonchev–Trinajstić information content (AvgIpc) is 2.17. The highest BCUT2D eigenvalue weighted by Gasteiger charge is 2.34. The Hall–Kier alpha value is -0.185. The number of halogens is 3. The summed E-state index contributed by atoms with van der Waals surface area (Å²) in [5.41, 5.74) is 0.315. The maximum atomic E-state index is 12.2. The number of rotatable bonds is 4. The van der Waals surface area contributed by atoms with Crippen molar-refractivity contribution in [1.29, 1.82) is 0 Å². The monoisotopic (exact) mass is 222 g/mol. The molecule has 0 atom stereocenters. The SMILES string of the molecule is CCC1(CC)CCN(C[B-](F)(F)F)CC1. The maximum absolute atomic E-state index is 12.2. The Morgan fingerprint density at radius 1 is 1.07 bits per heavy atom. The van der Waals surface area contributed by atoms with E-state index in [0.717, 1.165) is 25.7 Å². The van der Waals surface area contributed by atoms with Gasteiger partial charge >= 0.3 is 6.98 Å². The minimum Gasteiger partial charge on any atom is -0.448 e. The van der Waals surface area contributed by atoms with E-state index in [1.54, 1.807) is 4.90 Å². The fourth-order valence-electron chi connectivity index (χ4n) is 2.46. The van der Waals surface area contributed by atoms with Crippen molar-refractivity contribution in [2.24, 2.45) is 5.41 Å². The molecule has 1 aliphatic rings. The van der Waals surface area contributed by atoms with E-state index in [1.807, 2.05) is 0 Å². The van der Waals surface area contributed by atoms with Crippen molar-refractivity contribution in [2.75, 3.05) is 19.5 Å². The van der Waals surface area contributed by atoms with E-state index in [0.29, 0.717) is 18.5 Å². The molecule has 0 aromatic carbocycles. The van der Waals surface area contributed by atoms with Gasteiger partial charge in [0.15, 0.2) is 0 Å². The molecule has 0 saturated carbocycles. The van der Waals surface area contributed by atoms with Crippen molar-refractivity contribution in [3.63, 3.8) is 0 Å². The molecule has 1 rings (SSSR count). The topological polar surface area (TPSA) is 3.24 Å². The molecular formula is C10H20BF3N-. The Morgan fingerprint density at radius 3 is 1.87 bits per heavy atom. The Kier molecular flexibility index (Phi) is 4.09. The van der Waals surface area contributed by atoms with Crippen molar-refractivity contribution in [1.82, 2.24) is 4.90 Å². The van der Waals surface area contributed by atoms with Gasteiger partial charge in [-0.1, -0.05) is 26.7 Å². The van der Waals surface area contributed by atoms with Crippen LogP contribution in [0.5, 0.6) is 0 Å². The van der Waals surface area contributed by atoms with Crippen LogP contribution in [0, 0.1) is 5.41 Å². The first-order chi connectivity index (χ1) is 6.91. The van der Waals surface area contributed by atoms with Gasteiger partial charge in [-0.15, -0.1) is 0 Å². The van der Waals surface area contributed by atoms with Crippen LogP contribution < -0.4 is 0 Å². The summed E-state index contributed by atoms with van der Waals surface area (Å²) >= 11 is 0. The predicted octanol–water partition coefficient (Wildman–Crippen LogP) is 3.28. The zero-order chi connectivity index (χ0) is 11.5. The molecule has 0 spiro atoms. The van der Waals surface area contributed by atoms with Gasteiger partial charge in [-0.2, -0.15) is 0 Å². The van der Waals surface area contributed by atoms with Gasteiger partial charge in [0.1, 0.15) is 0 Å². The van der Waals surface area contributed by atoms with Gasteiger partial charge < -0.3 is 17.8 Å². The van der Waals surface area contributed by atoms with Crippen LogP contribution in [0.3, 0.4) is 0 Å². The molecule has 0 aromatic rings. The second kappa shape index (κ2) is 4.77. The number of likely N-dealkylation sites (tertiary alicyclic amines) is 1. The summed E-state index contributed by atoms with van der Waals surface area (Å²) in [5, 5.41) is 0. The number of hydrogen-bond acceptors (Lipinski definition) is 1. The second-order valence-electron chi connectivity index (χ2n) is 4.72. The predicted molar refractivity (Wildman–Crippen MR) is 57.8 cm³/mol. The Bertz CT molecular complexity index is 191. The molecule has 1 fully saturated rings. The average molecular weight is 222 g/mol. The highest BCUT2D eigenvalue weighted by molar-refractivity contribution is 6.58. The van der Waals surface area contributed by atoms with Crippen LogP contribution in [-0.4, -0.2) is 31.4 Å². The Balaban J connectivity index is 2.42. The summed E-state index contributed by atoms with van der Waals surface area (Å²) in [4.78, 5) is 1.56. The van der Waals surface area contributed by atoms with E-state index in [1.165, 1.54) is 0 Å². The number of nitrogens with zero attached hydrogens (tertiary/aromatic N) is 1. The molecule has 0 N–H and O–H groups in total. The zero-order valence-corrected chi connectivity index (χ0v) is 9.61. The molecular weight excluding hydrogens is 202 g/mol. The minimum atomic E-state index is -4.65. The van der Waals surface area contributed by atoms with Crippen molar-refractivity contribution in [2.45, 2.75) is 39.5 Å². The number of hydrogen-bond donors (Lipinski definition) is 0. The lowest BCUT2D eigenvalue weighted by Gasteiger charge is -2.42. The molecule has 0 aliphatic carbocycles. The molecule has 1 saturated heterocycles. The maximum Gasteiger partial charge on any atom is 0.492 e. The van der Waals surface area contributed by atoms with Crippen LogP contribution in [0.4, 0.5) is 12.9 Å². The standard InChI is InChI=1S/C10H20BF3N/c1-3-10(4-2)5-7-15(8-6-10)9-11(12,13)14/h3-9H2,1-2H3/q-1. The number of piperidine rings is 1. The lowest BCUT2D eigenvalue weighted by atomic mass is 9.73. The van der Waals surface area contributed by atoms with E-state index >= 15 is 0 Å². The van der Waals surface area contributed by atoms with Gasteiger partial charge in [-0.25, -0.2) is 0 Å². The zero-order valence-electron chi connectivity index (χ0n) is 9.61. The quantitative estimate of drug-likeness (QED) is 0.659. The summed E-state index contributed by atoms with van der Waals surface area (Å²) in [7, 11) is 0. The van der Waals surface area contributed by atoms with E-state index in [9.17, 15) is 12.9 Å². The van der Waals surface area contributed by atoms with Crippen LogP contribution in [0.25, 0.3) is 0 Å². The first-order valence-corrected chi connectivity index (χ1v) is 5.84.